The summed E-state index contributed by atoms with van der Waals surface area (Å²) < 4.78 is 0. The average Bonchev–Trinajstić information content (AvgIpc) is 3.02. The zero-order chi connectivity index (χ0) is 11.5. The highest BCUT2D eigenvalue weighted by atomic mass is 32.1. The summed E-state index contributed by atoms with van der Waals surface area (Å²) in [6.45, 7) is 3.59. The molecular formula is C13H21N3S. The maximum Gasteiger partial charge on any atom is 0.185 e. The van der Waals surface area contributed by atoms with Gasteiger partial charge in [0.15, 0.2) is 5.13 Å². The van der Waals surface area contributed by atoms with Crippen LogP contribution in [-0.2, 0) is 6.42 Å². The second-order valence-corrected chi connectivity index (χ2v) is 6.00. The predicted molar refractivity (Wildman–Crippen MR) is 72.9 cm³/mol. The molecule has 94 valence electrons. The normalized spacial score (nSPS) is 25.4. The zero-order valence-electron chi connectivity index (χ0n) is 10.3. The Bertz CT molecular complexity index is 351. The van der Waals surface area contributed by atoms with Crippen LogP contribution in [0.3, 0.4) is 0 Å². The van der Waals surface area contributed by atoms with Gasteiger partial charge in [-0.2, -0.15) is 0 Å². The molecule has 2 aliphatic heterocycles. The van der Waals surface area contributed by atoms with E-state index in [2.05, 4.69) is 15.6 Å². The number of nitrogens with one attached hydrogen (secondary N) is 1. The number of rotatable bonds is 3. The fraction of sp³-hybridized carbons (Fsp3) is 0.769. The molecule has 3 rings (SSSR count). The lowest BCUT2D eigenvalue weighted by Crippen LogP contribution is -2.29. The summed E-state index contributed by atoms with van der Waals surface area (Å²) in [5.74, 6) is 0. The van der Waals surface area contributed by atoms with Gasteiger partial charge in [-0.1, -0.05) is 0 Å². The summed E-state index contributed by atoms with van der Waals surface area (Å²) in [6.07, 6.45) is 7.81. The molecule has 0 bridgehead atoms. The average molecular weight is 251 g/mol. The van der Waals surface area contributed by atoms with Crippen LogP contribution in [0, 0.1) is 0 Å². The largest absolute Gasteiger partial charge is 0.348 e. The van der Waals surface area contributed by atoms with E-state index in [-0.39, 0.29) is 0 Å². The molecular weight excluding hydrogens is 230 g/mol. The van der Waals surface area contributed by atoms with E-state index >= 15 is 0 Å². The van der Waals surface area contributed by atoms with Crippen LogP contribution < -0.4 is 10.2 Å². The monoisotopic (exact) mass is 251 g/mol. The molecule has 17 heavy (non-hydrogen) atoms. The number of anilines is 1. The first kappa shape index (κ1) is 11.5. The van der Waals surface area contributed by atoms with Gasteiger partial charge in [0.2, 0.25) is 0 Å². The van der Waals surface area contributed by atoms with Crippen LogP contribution in [0.25, 0.3) is 0 Å². The Morgan fingerprint density at radius 3 is 2.94 bits per heavy atom. The highest BCUT2D eigenvalue weighted by molar-refractivity contribution is 7.13. The van der Waals surface area contributed by atoms with Crippen LogP contribution >= 0.6 is 11.3 Å². The fourth-order valence-electron chi connectivity index (χ4n) is 2.80. The summed E-state index contributed by atoms with van der Waals surface area (Å²) in [5.41, 5.74) is 1.29. The van der Waals surface area contributed by atoms with Gasteiger partial charge in [-0.15, -0.1) is 11.3 Å². The minimum absolute atomic E-state index is 0.673. The minimum Gasteiger partial charge on any atom is -0.348 e. The van der Waals surface area contributed by atoms with Gasteiger partial charge in [0.25, 0.3) is 0 Å². The van der Waals surface area contributed by atoms with Crippen LogP contribution in [0.5, 0.6) is 0 Å². The van der Waals surface area contributed by atoms with Gasteiger partial charge in [-0.25, -0.2) is 4.98 Å². The van der Waals surface area contributed by atoms with Gasteiger partial charge in [0.05, 0.1) is 5.69 Å². The number of hydrogen-bond acceptors (Lipinski definition) is 4. The van der Waals surface area contributed by atoms with Crippen molar-refractivity contribution in [3.63, 3.8) is 0 Å². The summed E-state index contributed by atoms with van der Waals surface area (Å²) in [4.78, 5) is 7.26. The van der Waals surface area contributed by atoms with Crippen molar-refractivity contribution in [1.82, 2.24) is 10.3 Å². The van der Waals surface area contributed by atoms with Crippen molar-refractivity contribution in [3.8, 4) is 0 Å². The molecule has 1 unspecified atom stereocenters. The first-order valence-corrected chi connectivity index (χ1v) is 7.72. The van der Waals surface area contributed by atoms with E-state index in [1.54, 1.807) is 0 Å². The molecule has 2 aliphatic rings. The summed E-state index contributed by atoms with van der Waals surface area (Å²) in [7, 11) is 0. The van der Waals surface area contributed by atoms with Crippen LogP contribution in [0.4, 0.5) is 5.13 Å². The molecule has 0 aromatic carbocycles. The molecule has 1 aromatic heterocycles. The number of piperidine rings is 1. The number of thiazole rings is 1. The molecule has 3 nitrogen and oxygen atoms in total. The molecule has 0 radical (unpaired) electrons. The molecule has 2 fully saturated rings. The Hall–Kier alpha value is -0.610. The Balaban J connectivity index is 1.60. The van der Waals surface area contributed by atoms with E-state index in [1.807, 2.05) is 11.3 Å². The van der Waals surface area contributed by atoms with Gasteiger partial charge >= 0.3 is 0 Å². The molecule has 0 saturated carbocycles. The van der Waals surface area contributed by atoms with E-state index in [0.717, 1.165) is 6.42 Å². The SMILES string of the molecule is c1sc(N2CCCCC2)nc1CC1CCCN1. The third kappa shape index (κ3) is 2.80. The molecule has 0 amide bonds. The number of nitrogens with zero attached hydrogens (tertiary/aromatic N) is 2. The smallest absolute Gasteiger partial charge is 0.185 e. The van der Waals surface area contributed by atoms with Crippen molar-refractivity contribution in [1.29, 1.82) is 0 Å². The Kier molecular flexibility index (Phi) is 3.62. The van der Waals surface area contributed by atoms with E-state index in [0.29, 0.717) is 6.04 Å². The fourth-order valence-corrected chi connectivity index (χ4v) is 3.70. The number of aromatic nitrogens is 1. The van der Waals surface area contributed by atoms with Gasteiger partial charge in [-0.3, -0.25) is 0 Å². The molecule has 3 heterocycles. The lowest BCUT2D eigenvalue weighted by molar-refractivity contribution is 0.573. The first-order valence-electron chi connectivity index (χ1n) is 6.84. The maximum atomic E-state index is 4.80. The van der Waals surface area contributed by atoms with Crippen molar-refractivity contribution in [2.75, 3.05) is 24.5 Å². The maximum absolute atomic E-state index is 4.80. The minimum atomic E-state index is 0.673. The van der Waals surface area contributed by atoms with Gasteiger partial charge in [-0.05, 0) is 38.6 Å². The number of hydrogen-bond donors (Lipinski definition) is 1. The van der Waals surface area contributed by atoms with Crippen LogP contribution in [0.1, 0.15) is 37.8 Å². The lowest BCUT2D eigenvalue weighted by atomic mass is 10.1. The first-order chi connectivity index (χ1) is 8.42. The van der Waals surface area contributed by atoms with Gasteiger partial charge in [0.1, 0.15) is 0 Å². The van der Waals surface area contributed by atoms with Crippen molar-refractivity contribution in [2.24, 2.45) is 0 Å². The molecule has 1 N–H and O–H groups in total. The molecule has 0 aliphatic carbocycles. The molecule has 2 saturated heterocycles. The van der Waals surface area contributed by atoms with Crippen LogP contribution in [-0.4, -0.2) is 30.7 Å². The molecule has 1 atom stereocenters. The predicted octanol–water partition coefficient (Wildman–Crippen LogP) is 2.43. The van der Waals surface area contributed by atoms with Crippen LogP contribution in [0.2, 0.25) is 0 Å². The summed E-state index contributed by atoms with van der Waals surface area (Å²) >= 11 is 1.83. The van der Waals surface area contributed by atoms with Crippen molar-refractivity contribution in [2.45, 2.75) is 44.6 Å². The second kappa shape index (κ2) is 5.36. The molecule has 1 aromatic rings. The van der Waals surface area contributed by atoms with Crippen molar-refractivity contribution >= 4 is 16.5 Å². The molecule has 4 heteroatoms. The van der Waals surface area contributed by atoms with Crippen LogP contribution in [0.15, 0.2) is 5.38 Å². The topological polar surface area (TPSA) is 28.2 Å². The standard InChI is InChI=1S/C13H21N3S/c1-2-7-16(8-3-1)13-15-12(10-17-13)9-11-5-4-6-14-11/h10-11,14H,1-9H2. The Labute approximate surface area is 107 Å². The summed E-state index contributed by atoms with van der Waals surface area (Å²) in [5, 5.41) is 7.05. The van der Waals surface area contributed by atoms with Crippen molar-refractivity contribution < 1.29 is 0 Å². The Morgan fingerprint density at radius 1 is 1.29 bits per heavy atom. The Morgan fingerprint density at radius 2 is 2.18 bits per heavy atom. The highest BCUT2D eigenvalue weighted by Gasteiger charge is 2.18. The third-order valence-electron chi connectivity index (χ3n) is 3.78. The highest BCUT2D eigenvalue weighted by Crippen LogP contribution is 2.25. The summed E-state index contributed by atoms with van der Waals surface area (Å²) in [6, 6.07) is 0.673. The van der Waals surface area contributed by atoms with E-state index in [9.17, 15) is 0 Å². The quantitative estimate of drug-likeness (QED) is 0.894. The third-order valence-corrected chi connectivity index (χ3v) is 4.73. The zero-order valence-corrected chi connectivity index (χ0v) is 11.1. The molecule has 0 spiro atoms. The lowest BCUT2D eigenvalue weighted by Gasteiger charge is -2.25. The second-order valence-electron chi connectivity index (χ2n) is 5.17. The van der Waals surface area contributed by atoms with Gasteiger partial charge < -0.3 is 10.2 Å². The van der Waals surface area contributed by atoms with Gasteiger partial charge in [0, 0.05) is 30.9 Å². The van der Waals surface area contributed by atoms with E-state index < -0.39 is 0 Å². The van der Waals surface area contributed by atoms with Crippen molar-refractivity contribution in [3.05, 3.63) is 11.1 Å². The van der Waals surface area contributed by atoms with E-state index in [4.69, 9.17) is 4.98 Å². The van der Waals surface area contributed by atoms with E-state index in [1.165, 1.54) is 62.6 Å².